The molecule has 0 aliphatic carbocycles. The molecule has 1 aromatic heterocycles. The van der Waals surface area contributed by atoms with Gasteiger partial charge in [0.25, 0.3) is 21.8 Å². The predicted molar refractivity (Wildman–Crippen MR) is 115 cm³/mol. The average molecular weight is 458 g/mol. The van der Waals surface area contributed by atoms with Crippen LogP contribution in [0.4, 0.5) is 15.8 Å². The Balaban J connectivity index is 1.80. The number of hydroxylamine groups is 1. The Morgan fingerprint density at radius 1 is 0.969 bits per heavy atom. The Labute approximate surface area is 183 Å². The van der Waals surface area contributed by atoms with E-state index >= 15 is 0 Å². The average Bonchev–Trinajstić information content (AvgIpc) is 2.80. The third-order valence-electron chi connectivity index (χ3n) is 4.39. The summed E-state index contributed by atoms with van der Waals surface area (Å²) in [6.07, 6.45) is 1.45. The summed E-state index contributed by atoms with van der Waals surface area (Å²) >= 11 is 0. The molecule has 0 spiro atoms. The highest BCUT2D eigenvalue weighted by Crippen LogP contribution is 2.24. The van der Waals surface area contributed by atoms with Gasteiger partial charge >= 0.3 is 0 Å². The van der Waals surface area contributed by atoms with Crippen LogP contribution in [0.5, 0.6) is 0 Å². The van der Waals surface area contributed by atoms with Gasteiger partial charge in [-0.25, -0.2) is 12.8 Å². The highest BCUT2D eigenvalue weighted by atomic mass is 32.2. The molecule has 11 heteroatoms. The quantitative estimate of drug-likeness (QED) is 0.526. The maximum atomic E-state index is 13.8. The van der Waals surface area contributed by atoms with Crippen LogP contribution in [0.3, 0.4) is 0 Å². The molecule has 0 saturated heterocycles. The van der Waals surface area contributed by atoms with Gasteiger partial charge in [-0.2, -0.15) is 0 Å². The fraction of sp³-hybridized carbons (Fsp3) is 0.0952. The van der Waals surface area contributed by atoms with Crippen LogP contribution in [0.2, 0.25) is 0 Å². The number of anilines is 2. The lowest BCUT2D eigenvalue weighted by Crippen LogP contribution is -2.25. The lowest BCUT2D eigenvalue weighted by molar-refractivity contribution is -0.0258. The zero-order valence-corrected chi connectivity index (χ0v) is 17.9. The van der Waals surface area contributed by atoms with Gasteiger partial charge in [-0.05, 0) is 54.6 Å². The summed E-state index contributed by atoms with van der Waals surface area (Å²) < 4.78 is 39.0. The van der Waals surface area contributed by atoms with Gasteiger partial charge in [-0.1, -0.05) is 10.5 Å². The van der Waals surface area contributed by atoms with Crippen molar-refractivity contribution in [2.75, 3.05) is 24.8 Å². The number of carbonyl (C=O) groups excluding carboxylic acids is 2. The van der Waals surface area contributed by atoms with Crippen LogP contribution in [-0.4, -0.2) is 43.8 Å². The summed E-state index contributed by atoms with van der Waals surface area (Å²) in [5.74, 6) is -1.79. The minimum atomic E-state index is -3.87. The van der Waals surface area contributed by atoms with Crippen molar-refractivity contribution in [3.63, 3.8) is 0 Å². The van der Waals surface area contributed by atoms with Crippen LogP contribution in [-0.2, 0) is 14.9 Å². The second-order valence-corrected chi connectivity index (χ2v) is 8.37. The first-order valence-corrected chi connectivity index (χ1v) is 10.6. The lowest BCUT2D eigenvalue weighted by atomic mass is 10.2. The zero-order chi connectivity index (χ0) is 23.3. The van der Waals surface area contributed by atoms with Gasteiger partial charge in [0, 0.05) is 18.8 Å². The number of benzene rings is 2. The molecule has 32 heavy (non-hydrogen) atoms. The van der Waals surface area contributed by atoms with Crippen LogP contribution in [0.15, 0.2) is 71.8 Å². The van der Waals surface area contributed by atoms with Gasteiger partial charge in [0.05, 0.1) is 23.4 Å². The molecule has 0 bridgehead atoms. The van der Waals surface area contributed by atoms with Crippen molar-refractivity contribution >= 4 is 33.2 Å². The van der Waals surface area contributed by atoms with E-state index in [2.05, 4.69) is 15.6 Å². The molecule has 2 amide bonds. The van der Waals surface area contributed by atoms with Crippen molar-refractivity contribution in [3.8, 4) is 0 Å². The molecule has 9 nitrogen and oxygen atoms in total. The minimum absolute atomic E-state index is 0.0232. The van der Waals surface area contributed by atoms with E-state index in [0.29, 0.717) is 4.47 Å². The number of sulfonamides is 1. The maximum absolute atomic E-state index is 13.8. The summed E-state index contributed by atoms with van der Waals surface area (Å²) in [5, 5.41) is 5.10. The molecule has 0 atom stereocenters. The Hall–Kier alpha value is -3.67. The standard InChI is InChI=1S/C21H19FN4O5S/c1-26(31-2)32(29,30)16-9-6-14(7-10-16)20(27)25-19-13-15(22)8-11-17(19)24-21(28)18-5-3-4-12-23-18/h3-13H,1-2H3,(H,24,28)(H,25,27). The van der Waals surface area contributed by atoms with Crippen LogP contribution >= 0.6 is 0 Å². The lowest BCUT2D eigenvalue weighted by Gasteiger charge is -2.15. The van der Waals surface area contributed by atoms with Crippen molar-refractivity contribution < 1.29 is 27.2 Å². The van der Waals surface area contributed by atoms with Gasteiger partial charge in [0.15, 0.2) is 0 Å². The van der Waals surface area contributed by atoms with E-state index in [0.717, 1.165) is 12.1 Å². The highest BCUT2D eigenvalue weighted by Gasteiger charge is 2.21. The Morgan fingerprint density at radius 3 is 2.28 bits per heavy atom. The molecule has 0 aliphatic rings. The Kier molecular flexibility index (Phi) is 6.93. The third kappa shape index (κ3) is 5.14. The number of hydrogen-bond donors (Lipinski definition) is 2. The molecule has 0 saturated carbocycles. The normalized spacial score (nSPS) is 11.2. The SMILES string of the molecule is CON(C)S(=O)(=O)c1ccc(C(=O)Nc2cc(F)ccc2NC(=O)c2ccccn2)cc1. The molecule has 1 heterocycles. The molecule has 0 aliphatic heterocycles. The molecular formula is C21H19FN4O5S. The van der Waals surface area contributed by atoms with E-state index in [1.165, 1.54) is 56.8 Å². The first-order chi connectivity index (χ1) is 15.2. The van der Waals surface area contributed by atoms with E-state index in [1.54, 1.807) is 12.1 Å². The highest BCUT2D eigenvalue weighted by molar-refractivity contribution is 7.89. The second-order valence-electron chi connectivity index (χ2n) is 6.43. The smallest absolute Gasteiger partial charge is 0.274 e. The molecule has 166 valence electrons. The second kappa shape index (κ2) is 9.64. The number of nitrogens with zero attached hydrogens (tertiary/aromatic N) is 2. The fourth-order valence-corrected chi connectivity index (χ4v) is 3.60. The van der Waals surface area contributed by atoms with Crippen molar-refractivity contribution in [1.29, 1.82) is 0 Å². The molecule has 0 unspecified atom stereocenters. The van der Waals surface area contributed by atoms with Crippen molar-refractivity contribution in [2.24, 2.45) is 0 Å². The van der Waals surface area contributed by atoms with Gasteiger partial charge < -0.3 is 10.6 Å². The number of aromatic nitrogens is 1. The molecule has 0 radical (unpaired) electrons. The summed E-state index contributed by atoms with van der Waals surface area (Å²) in [6, 6.07) is 13.4. The Morgan fingerprint density at radius 2 is 1.66 bits per heavy atom. The molecule has 0 fully saturated rings. The van der Waals surface area contributed by atoms with Crippen molar-refractivity contribution in [2.45, 2.75) is 4.90 Å². The molecule has 3 rings (SSSR count). The fourth-order valence-electron chi connectivity index (χ4n) is 2.63. The first kappa shape index (κ1) is 23.0. The minimum Gasteiger partial charge on any atom is -0.320 e. The predicted octanol–water partition coefficient (Wildman–Crippen LogP) is 2.91. The molecular weight excluding hydrogens is 439 g/mol. The number of carbonyl (C=O) groups is 2. The number of nitrogens with one attached hydrogen (secondary N) is 2. The van der Waals surface area contributed by atoms with Crippen LogP contribution < -0.4 is 10.6 Å². The number of rotatable bonds is 7. The summed E-state index contributed by atoms with van der Waals surface area (Å²) in [6.45, 7) is 0. The number of pyridine rings is 1. The van der Waals surface area contributed by atoms with E-state index in [-0.39, 0.29) is 27.5 Å². The maximum Gasteiger partial charge on any atom is 0.274 e. The largest absolute Gasteiger partial charge is 0.320 e. The van der Waals surface area contributed by atoms with E-state index in [1.807, 2.05) is 0 Å². The topological polar surface area (TPSA) is 118 Å². The van der Waals surface area contributed by atoms with Crippen LogP contribution in [0.25, 0.3) is 0 Å². The van der Waals surface area contributed by atoms with Crippen molar-refractivity contribution in [3.05, 3.63) is 83.9 Å². The van der Waals surface area contributed by atoms with Gasteiger partial charge in [0.1, 0.15) is 11.5 Å². The van der Waals surface area contributed by atoms with Crippen LogP contribution in [0.1, 0.15) is 20.8 Å². The molecule has 2 N–H and O–H groups in total. The van der Waals surface area contributed by atoms with Crippen molar-refractivity contribution in [1.82, 2.24) is 9.45 Å². The molecule has 2 aromatic carbocycles. The Bertz CT molecular complexity index is 1230. The number of amides is 2. The van der Waals surface area contributed by atoms with Gasteiger partial charge in [-0.15, -0.1) is 0 Å². The monoisotopic (exact) mass is 458 g/mol. The zero-order valence-electron chi connectivity index (χ0n) is 17.1. The summed E-state index contributed by atoms with van der Waals surface area (Å²) in [5.41, 5.74) is 0.452. The van der Waals surface area contributed by atoms with Gasteiger partial charge in [-0.3, -0.25) is 19.4 Å². The third-order valence-corrected chi connectivity index (χ3v) is 6.08. The summed E-state index contributed by atoms with van der Waals surface area (Å²) in [7, 11) is -1.42. The van der Waals surface area contributed by atoms with E-state index < -0.39 is 27.7 Å². The van der Waals surface area contributed by atoms with Gasteiger partial charge in [0.2, 0.25) is 0 Å². The van der Waals surface area contributed by atoms with E-state index in [4.69, 9.17) is 4.84 Å². The van der Waals surface area contributed by atoms with Crippen LogP contribution in [0, 0.1) is 5.82 Å². The molecule has 3 aromatic rings. The summed E-state index contributed by atoms with van der Waals surface area (Å²) in [4.78, 5) is 33.6. The van der Waals surface area contributed by atoms with E-state index in [9.17, 15) is 22.4 Å². The number of halogens is 1. The first-order valence-electron chi connectivity index (χ1n) is 9.19. The number of hydrogen-bond acceptors (Lipinski definition) is 6.